The van der Waals surface area contributed by atoms with Gasteiger partial charge in [-0.3, -0.25) is 4.98 Å². The van der Waals surface area contributed by atoms with Gasteiger partial charge < -0.3 is 9.15 Å². The van der Waals surface area contributed by atoms with Crippen LogP contribution in [0, 0.1) is 5.82 Å². The first-order valence-corrected chi connectivity index (χ1v) is 9.81. The molecule has 136 valence electrons. The van der Waals surface area contributed by atoms with Crippen molar-refractivity contribution in [3.8, 4) is 17.2 Å². The molecule has 0 aliphatic rings. The molecule has 0 radical (unpaired) electrons. The lowest BCUT2D eigenvalue weighted by atomic mass is 10.3. The van der Waals surface area contributed by atoms with E-state index in [0.717, 1.165) is 16.3 Å². The molecule has 0 aliphatic heterocycles. The Hall–Kier alpha value is -2.78. The van der Waals surface area contributed by atoms with Crippen molar-refractivity contribution >= 4 is 23.1 Å². The molecule has 0 saturated carbocycles. The van der Waals surface area contributed by atoms with E-state index >= 15 is 0 Å². The molecule has 27 heavy (non-hydrogen) atoms. The fraction of sp³-hybridized carbons (Fsp3) is 0.111. The van der Waals surface area contributed by atoms with Gasteiger partial charge in [0, 0.05) is 23.5 Å². The number of ether oxygens (including phenoxy) is 1. The van der Waals surface area contributed by atoms with Gasteiger partial charge in [-0.1, -0.05) is 11.8 Å². The molecule has 0 atom stereocenters. The minimum atomic E-state index is -0.288. The van der Waals surface area contributed by atoms with Crippen molar-refractivity contribution in [3.63, 3.8) is 0 Å². The van der Waals surface area contributed by atoms with Gasteiger partial charge >= 0.3 is 0 Å². The van der Waals surface area contributed by atoms with Gasteiger partial charge in [0.25, 0.3) is 5.22 Å². The number of halogens is 1. The topological polar surface area (TPSA) is 73.9 Å². The van der Waals surface area contributed by atoms with Gasteiger partial charge in [0.1, 0.15) is 23.2 Å². The summed E-state index contributed by atoms with van der Waals surface area (Å²) in [5, 5.41) is 11.4. The van der Waals surface area contributed by atoms with Crippen molar-refractivity contribution < 1.29 is 13.5 Å². The Morgan fingerprint density at radius 2 is 2.04 bits per heavy atom. The average molecular weight is 400 g/mol. The number of hydrogen-bond donors (Lipinski definition) is 0. The van der Waals surface area contributed by atoms with E-state index in [1.165, 1.54) is 35.2 Å². The van der Waals surface area contributed by atoms with Crippen LogP contribution in [-0.4, -0.2) is 20.2 Å². The molecule has 0 N–H and O–H groups in total. The smallest absolute Gasteiger partial charge is 0.277 e. The van der Waals surface area contributed by atoms with Crippen molar-refractivity contribution in [1.29, 1.82) is 0 Å². The summed E-state index contributed by atoms with van der Waals surface area (Å²) in [4.78, 5) is 8.56. The maximum atomic E-state index is 12.9. The predicted octanol–water partition coefficient (Wildman–Crippen LogP) is 4.60. The quantitative estimate of drug-likeness (QED) is 0.420. The Labute approximate surface area is 162 Å². The first-order valence-electron chi connectivity index (χ1n) is 7.94. The second kappa shape index (κ2) is 8.28. The van der Waals surface area contributed by atoms with Crippen LogP contribution in [0.4, 0.5) is 4.39 Å². The molecule has 0 unspecified atom stereocenters. The van der Waals surface area contributed by atoms with Gasteiger partial charge in [0.2, 0.25) is 5.89 Å². The molecular formula is C18H13FN4O2S2. The Morgan fingerprint density at radius 1 is 1.15 bits per heavy atom. The Balaban J connectivity index is 1.31. The third kappa shape index (κ3) is 4.69. The monoisotopic (exact) mass is 400 g/mol. The van der Waals surface area contributed by atoms with Crippen LogP contribution in [-0.2, 0) is 12.4 Å². The summed E-state index contributed by atoms with van der Waals surface area (Å²) in [7, 11) is 0. The number of hydrogen-bond acceptors (Lipinski definition) is 8. The van der Waals surface area contributed by atoms with E-state index < -0.39 is 0 Å². The van der Waals surface area contributed by atoms with Crippen molar-refractivity contribution in [1.82, 2.24) is 20.2 Å². The predicted molar refractivity (Wildman–Crippen MR) is 99.9 cm³/mol. The van der Waals surface area contributed by atoms with E-state index in [9.17, 15) is 4.39 Å². The molecule has 4 rings (SSSR count). The summed E-state index contributed by atoms with van der Waals surface area (Å²) in [6.07, 6.45) is 3.37. The fourth-order valence-corrected chi connectivity index (χ4v) is 3.63. The van der Waals surface area contributed by atoms with Crippen LogP contribution in [0.3, 0.4) is 0 Å². The highest BCUT2D eigenvalue weighted by molar-refractivity contribution is 7.98. The molecule has 0 bridgehead atoms. The lowest BCUT2D eigenvalue weighted by Crippen LogP contribution is -1.95. The van der Waals surface area contributed by atoms with Crippen molar-refractivity contribution in [2.75, 3.05) is 0 Å². The normalized spacial score (nSPS) is 10.9. The van der Waals surface area contributed by atoms with Gasteiger partial charge in [-0.25, -0.2) is 9.37 Å². The van der Waals surface area contributed by atoms with Crippen LogP contribution in [0.1, 0.15) is 10.7 Å². The van der Waals surface area contributed by atoms with Crippen molar-refractivity contribution in [2.24, 2.45) is 0 Å². The van der Waals surface area contributed by atoms with Gasteiger partial charge in [0.15, 0.2) is 0 Å². The van der Waals surface area contributed by atoms with E-state index in [4.69, 9.17) is 9.15 Å². The van der Waals surface area contributed by atoms with E-state index in [0.29, 0.717) is 29.2 Å². The zero-order valence-corrected chi connectivity index (χ0v) is 15.5. The van der Waals surface area contributed by atoms with Gasteiger partial charge in [-0.15, -0.1) is 21.5 Å². The highest BCUT2D eigenvalue weighted by atomic mass is 32.2. The number of thioether (sulfide) groups is 1. The number of benzene rings is 1. The molecule has 3 aromatic heterocycles. The summed E-state index contributed by atoms with van der Waals surface area (Å²) in [5.41, 5.74) is 1.69. The van der Waals surface area contributed by atoms with Gasteiger partial charge in [0.05, 0.1) is 11.3 Å². The molecule has 3 heterocycles. The summed E-state index contributed by atoms with van der Waals surface area (Å²) in [5.74, 6) is 1.37. The molecule has 0 aliphatic carbocycles. The van der Waals surface area contributed by atoms with Crippen LogP contribution in [0.5, 0.6) is 5.75 Å². The highest BCUT2D eigenvalue weighted by Gasteiger charge is 2.11. The number of aromatic nitrogens is 4. The fourth-order valence-electron chi connectivity index (χ4n) is 2.17. The highest BCUT2D eigenvalue weighted by Crippen LogP contribution is 2.26. The van der Waals surface area contributed by atoms with Crippen LogP contribution < -0.4 is 4.74 Å². The second-order valence-electron chi connectivity index (χ2n) is 5.38. The summed E-state index contributed by atoms with van der Waals surface area (Å²) < 4.78 is 24.1. The number of thiazole rings is 1. The zero-order valence-electron chi connectivity index (χ0n) is 13.9. The lowest BCUT2D eigenvalue weighted by Gasteiger charge is -2.03. The van der Waals surface area contributed by atoms with Gasteiger partial charge in [-0.05, 0) is 36.4 Å². The first kappa shape index (κ1) is 17.6. The van der Waals surface area contributed by atoms with Crippen LogP contribution in [0.15, 0.2) is 63.8 Å². The molecule has 0 saturated heterocycles. The molecule has 0 amide bonds. The summed E-state index contributed by atoms with van der Waals surface area (Å²) in [6.45, 7) is 0.340. The van der Waals surface area contributed by atoms with Gasteiger partial charge in [-0.2, -0.15) is 0 Å². The van der Waals surface area contributed by atoms with E-state index in [-0.39, 0.29) is 5.82 Å². The Bertz CT molecular complexity index is 1010. The molecule has 4 aromatic rings. The third-order valence-corrected chi connectivity index (χ3v) is 5.16. The standard InChI is InChI=1S/C18H13FN4O2S2/c19-13-3-5-15(6-4-13)24-9-16-21-14(10-26-16)11-27-18-23-22-17(25-18)12-2-1-7-20-8-12/h1-8,10H,9,11H2. The maximum Gasteiger partial charge on any atom is 0.277 e. The molecule has 9 heteroatoms. The van der Waals surface area contributed by atoms with Crippen LogP contribution >= 0.6 is 23.1 Å². The molecule has 0 fully saturated rings. The van der Waals surface area contributed by atoms with Crippen molar-refractivity contribution in [3.05, 3.63) is 70.7 Å². The molecule has 1 aromatic carbocycles. The summed E-state index contributed by atoms with van der Waals surface area (Å²) in [6, 6.07) is 9.59. The minimum absolute atomic E-state index is 0.288. The second-order valence-corrected chi connectivity index (χ2v) is 7.25. The molecule has 6 nitrogen and oxygen atoms in total. The molecular weight excluding hydrogens is 387 g/mol. The maximum absolute atomic E-state index is 12.9. The largest absolute Gasteiger partial charge is 0.486 e. The molecule has 0 spiro atoms. The zero-order chi connectivity index (χ0) is 18.5. The number of nitrogens with zero attached hydrogens (tertiary/aromatic N) is 4. The van der Waals surface area contributed by atoms with E-state index in [2.05, 4.69) is 20.2 Å². The Kier molecular flexibility index (Phi) is 5.40. The van der Waals surface area contributed by atoms with Crippen molar-refractivity contribution in [2.45, 2.75) is 17.6 Å². The third-order valence-electron chi connectivity index (χ3n) is 3.43. The Morgan fingerprint density at radius 3 is 2.85 bits per heavy atom. The lowest BCUT2D eigenvalue weighted by molar-refractivity contribution is 0.305. The number of rotatable bonds is 7. The van der Waals surface area contributed by atoms with E-state index in [1.807, 2.05) is 17.5 Å². The first-order chi connectivity index (χ1) is 13.3. The summed E-state index contributed by atoms with van der Waals surface area (Å²) >= 11 is 2.93. The van der Waals surface area contributed by atoms with E-state index in [1.54, 1.807) is 24.5 Å². The van der Waals surface area contributed by atoms with Crippen LogP contribution in [0.2, 0.25) is 0 Å². The van der Waals surface area contributed by atoms with Crippen LogP contribution in [0.25, 0.3) is 11.5 Å². The SMILES string of the molecule is Fc1ccc(OCc2nc(CSc3nnc(-c4cccnc4)o3)cs2)cc1. The average Bonchev–Trinajstić information content (AvgIpc) is 3.36. The minimum Gasteiger partial charge on any atom is -0.486 e. The number of pyridine rings is 1.